The Hall–Kier alpha value is -2.33. The second-order valence-corrected chi connectivity index (χ2v) is 4.56. The number of hydrogen-bond acceptors (Lipinski definition) is 3. The molecule has 0 aliphatic rings. The Morgan fingerprint density at radius 1 is 1.10 bits per heavy atom. The molecule has 2 rings (SSSR count). The van der Waals surface area contributed by atoms with Crippen molar-refractivity contribution >= 4 is 11.6 Å². The summed E-state index contributed by atoms with van der Waals surface area (Å²) < 4.78 is 5.23. The van der Waals surface area contributed by atoms with Gasteiger partial charge in [-0.3, -0.25) is 4.79 Å². The third-order valence-corrected chi connectivity index (χ3v) is 3.18. The van der Waals surface area contributed by atoms with Gasteiger partial charge in [-0.25, -0.2) is 0 Å². The summed E-state index contributed by atoms with van der Waals surface area (Å²) in [5.41, 5.74) is 6.16. The molecular weight excluding hydrogens is 252 g/mol. The van der Waals surface area contributed by atoms with Crippen LogP contribution >= 0.6 is 0 Å². The number of carbonyl (C=O) groups is 1. The fourth-order valence-electron chi connectivity index (χ4n) is 2.17. The molecule has 0 bridgehead atoms. The van der Waals surface area contributed by atoms with Gasteiger partial charge in [-0.05, 0) is 17.7 Å². The predicted octanol–water partition coefficient (Wildman–Crippen LogP) is 2.13. The summed E-state index contributed by atoms with van der Waals surface area (Å²) in [6.07, 6.45) is 0. The van der Waals surface area contributed by atoms with E-state index in [0.717, 1.165) is 11.3 Å². The van der Waals surface area contributed by atoms with E-state index < -0.39 is 11.4 Å². The minimum Gasteiger partial charge on any atom is -0.381 e. The van der Waals surface area contributed by atoms with Crippen molar-refractivity contribution in [3.05, 3.63) is 66.2 Å². The summed E-state index contributed by atoms with van der Waals surface area (Å²) in [4.78, 5) is 12.1. The van der Waals surface area contributed by atoms with Gasteiger partial charge in [0.2, 0.25) is 5.91 Å². The molecule has 3 N–H and O–H groups in total. The second-order valence-electron chi connectivity index (χ2n) is 4.56. The first-order valence-electron chi connectivity index (χ1n) is 6.36. The lowest BCUT2D eigenvalue weighted by molar-refractivity contribution is -0.124. The number of methoxy groups -OCH3 is 1. The van der Waals surface area contributed by atoms with E-state index in [9.17, 15) is 4.79 Å². The zero-order valence-electron chi connectivity index (χ0n) is 11.4. The lowest BCUT2D eigenvalue weighted by atomic mass is 9.89. The topological polar surface area (TPSA) is 64.3 Å². The molecular formula is C16H18N2O2. The van der Waals surface area contributed by atoms with Crippen molar-refractivity contribution in [3.63, 3.8) is 0 Å². The molecule has 4 heteroatoms. The molecule has 0 saturated carbocycles. The van der Waals surface area contributed by atoms with Gasteiger partial charge in [0, 0.05) is 12.8 Å². The molecule has 0 heterocycles. The minimum absolute atomic E-state index is 0.154. The molecule has 0 spiro atoms. The summed E-state index contributed by atoms with van der Waals surface area (Å²) in [6, 6.07) is 18.8. The van der Waals surface area contributed by atoms with Crippen LogP contribution in [0.3, 0.4) is 0 Å². The van der Waals surface area contributed by atoms with Crippen LogP contribution in [-0.4, -0.2) is 19.6 Å². The van der Waals surface area contributed by atoms with E-state index in [1.54, 1.807) is 7.11 Å². The van der Waals surface area contributed by atoms with Crippen molar-refractivity contribution in [3.8, 4) is 0 Å². The zero-order chi connectivity index (χ0) is 14.4. The van der Waals surface area contributed by atoms with Gasteiger partial charge in [0.05, 0.1) is 6.61 Å². The van der Waals surface area contributed by atoms with Gasteiger partial charge in [-0.1, -0.05) is 48.5 Å². The van der Waals surface area contributed by atoms with Crippen LogP contribution in [-0.2, 0) is 15.1 Å². The van der Waals surface area contributed by atoms with Gasteiger partial charge in [0.15, 0.2) is 5.54 Å². The number of nitrogens with two attached hydrogens (primary N) is 1. The summed E-state index contributed by atoms with van der Waals surface area (Å²) in [7, 11) is 1.55. The van der Waals surface area contributed by atoms with Crippen LogP contribution in [0.1, 0.15) is 5.56 Å². The average molecular weight is 270 g/mol. The van der Waals surface area contributed by atoms with E-state index in [0.29, 0.717) is 0 Å². The molecule has 0 fully saturated rings. The maximum Gasteiger partial charge on any atom is 0.250 e. The Bertz CT molecular complexity index is 557. The van der Waals surface area contributed by atoms with Gasteiger partial charge in [-0.2, -0.15) is 0 Å². The molecule has 0 saturated heterocycles. The summed E-state index contributed by atoms with van der Waals surface area (Å²) >= 11 is 0. The molecule has 0 aromatic heterocycles. The van der Waals surface area contributed by atoms with Crippen molar-refractivity contribution in [1.82, 2.24) is 0 Å². The van der Waals surface area contributed by atoms with Crippen LogP contribution in [0, 0.1) is 0 Å². The summed E-state index contributed by atoms with van der Waals surface area (Å²) in [6.45, 7) is 0.154. The number of benzene rings is 2. The molecule has 2 aromatic carbocycles. The molecule has 4 nitrogen and oxygen atoms in total. The van der Waals surface area contributed by atoms with Crippen LogP contribution in [0.25, 0.3) is 0 Å². The maximum atomic E-state index is 12.1. The van der Waals surface area contributed by atoms with E-state index >= 15 is 0 Å². The number of primary amides is 1. The highest BCUT2D eigenvalue weighted by Crippen LogP contribution is 2.26. The first-order valence-corrected chi connectivity index (χ1v) is 6.36. The van der Waals surface area contributed by atoms with Crippen LogP contribution < -0.4 is 11.1 Å². The summed E-state index contributed by atoms with van der Waals surface area (Å²) in [5, 5.41) is 3.21. The Labute approximate surface area is 118 Å². The van der Waals surface area contributed by atoms with Crippen molar-refractivity contribution in [2.24, 2.45) is 5.73 Å². The highest BCUT2D eigenvalue weighted by Gasteiger charge is 2.38. The molecule has 0 radical (unpaired) electrons. The predicted molar refractivity (Wildman–Crippen MR) is 79.3 cm³/mol. The van der Waals surface area contributed by atoms with Gasteiger partial charge in [0.25, 0.3) is 0 Å². The number of anilines is 1. The summed E-state index contributed by atoms with van der Waals surface area (Å²) in [5.74, 6) is -0.477. The number of carbonyl (C=O) groups excluding carboxylic acids is 1. The second kappa shape index (κ2) is 6.21. The first kappa shape index (κ1) is 14.1. The SMILES string of the molecule is COCC(Nc1ccccc1)(C(N)=O)c1ccccc1. The molecule has 1 atom stereocenters. The van der Waals surface area contributed by atoms with Crippen molar-refractivity contribution in [2.45, 2.75) is 5.54 Å². The van der Waals surface area contributed by atoms with E-state index in [1.807, 2.05) is 60.7 Å². The quantitative estimate of drug-likeness (QED) is 0.845. The highest BCUT2D eigenvalue weighted by atomic mass is 16.5. The van der Waals surface area contributed by atoms with Gasteiger partial charge >= 0.3 is 0 Å². The van der Waals surface area contributed by atoms with Crippen molar-refractivity contribution < 1.29 is 9.53 Å². The lowest BCUT2D eigenvalue weighted by Gasteiger charge is -2.32. The number of para-hydroxylation sites is 1. The van der Waals surface area contributed by atoms with Crippen LogP contribution in [0.4, 0.5) is 5.69 Å². The standard InChI is InChI=1S/C16H18N2O2/c1-20-12-16(15(17)19,13-8-4-2-5-9-13)18-14-10-6-3-7-11-14/h2-11,18H,12H2,1H3,(H2,17,19). The van der Waals surface area contributed by atoms with Crippen LogP contribution in [0.15, 0.2) is 60.7 Å². The van der Waals surface area contributed by atoms with Crippen LogP contribution in [0.5, 0.6) is 0 Å². The molecule has 0 aliphatic heterocycles. The Kier molecular flexibility index (Phi) is 4.38. The smallest absolute Gasteiger partial charge is 0.250 e. The van der Waals surface area contributed by atoms with E-state index in [1.165, 1.54) is 0 Å². The number of hydrogen-bond donors (Lipinski definition) is 2. The molecule has 104 valence electrons. The lowest BCUT2D eigenvalue weighted by Crippen LogP contribution is -2.51. The van der Waals surface area contributed by atoms with E-state index in [-0.39, 0.29) is 6.61 Å². The number of rotatable bonds is 6. The number of amides is 1. The average Bonchev–Trinajstić information content (AvgIpc) is 2.48. The van der Waals surface area contributed by atoms with Crippen molar-refractivity contribution in [2.75, 3.05) is 19.0 Å². The first-order chi connectivity index (χ1) is 9.69. The van der Waals surface area contributed by atoms with Crippen LogP contribution in [0.2, 0.25) is 0 Å². The molecule has 1 unspecified atom stereocenters. The molecule has 0 aliphatic carbocycles. The van der Waals surface area contributed by atoms with Gasteiger partial charge in [-0.15, -0.1) is 0 Å². The highest BCUT2D eigenvalue weighted by molar-refractivity contribution is 5.89. The zero-order valence-corrected chi connectivity index (χ0v) is 11.4. The Morgan fingerprint density at radius 2 is 1.65 bits per heavy atom. The molecule has 20 heavy (non-hydrogen) atoms. The van der Waals surface area contributed by atoms with Gasteiger partial charge in [0.1, 0.15) is 0 Å². The number of nitrogens with one attached hydrogen (secondary N) is 1. The van der Waals surface area contributed by atoms with E-state index in [2.05, 4.69) is 5.32 Å². The van der Waals surface area contributed by atoms with E-state index in [4.69, 9.17) is 10.5 Å². The Balaban J connectivity index is 2.45. The fourth-order valence-corrected chi connectivity index (χ4v) is 2.17. The molecule has 2 aromatic rings. The third-order valence-electron chi connectivity index (χ3n) is 3.18. The Morgan fingerprint density at radius 3 is 2.15 bits per heavy atom. The molecule has 1 amide bonds. The monoisotopic (exact) mass is 270 g/mol. The minimum atomic E-state index is -1.09. The third kappa shape index (κ3) is 2.81. The van der Waals surface area contributed by atoms with Crippen molar-refractivity contribution in [1.29, 1.82) is 0 Å². The maximum absolute atomic E-state index is 12.1. The fraction of sp³-hybridized carbons (Fsp3) is 0.188. The van der Waals surface area contributed by atoms with Gasteiger partial charge < -0.3 is 15.8 Å². The largest absolute Gasteiger partial charge is 0.381 e. The normalized spacial score (nSPS) is 13.4. The number of ether oxygens (including phenoxy) is 1.